The molecule has 1 saturated carbocycles. The van der Waals surface area contributed by atoms with Crippen LogP contribution in [-0.4, -0.2) is 48.4 Å². The highest BCUT2D eigenvalue weighted by molar-refractivity contribution is 5.84. The molecule has 2 unspecified atom stereocenters. The Balaban J connectivity index is 1.43. The number of piperidine rings is 2. The highest BCUT2D eigenvalue weighted by Gasteiger charge is 2.51. The zero-order chi connectivity index (χ0) is 10.3. The van der Waals surface area contributed by atoms with Crippen LogP contribution in [0.1, 0.15) is 25.7 Å². The molecule has 0 N–H and O–H groups in total. The average molecular weight is 208 g/mol. The van der Waals surface area contributed by atoms with Crippen LogP contribution in [0.2, 0.25) is 0 Å². The van der Waals surface area contributed by atoms with E-state index < -0.39 is 0 Å². The minimum atomic E-state index is 0.436. The second-order valence-corrected chi connectivity index (χ2v) is 5.29. The molecule has 0 radical (unpaired) electrons. The normalized spacial score (nSPS) is 35.7. The van der Waals surface area contributed by atoms with Crippen molar-refractivity contribution in [3.8, 4) is 0 Å². The number of carbonyl (C=O) groups is 1. The van der Waals surface area contributed by atoms with Crippen LogP contribution in [0.5, 0.6) is 0 Å². The Hall–Kier alpha value is -0.570. The van der Waals surface area contributed by atoms with Crippen molar-refractivity contribution in [3.05, 3.63) is 0 Å². The summed E-state index contributed by atoms with van der Waals surface area (Å²) in [5, 5.41) is 0. The van der Waals surface area contributed by atoms with E-state index in [1.54, 1.807) is 0 Å². The average Bonchev–Trinajstić information content (AvgIpc) is 2.98. The molecule has 0 aromatic carbocycles. The molecule has 1 aliphatic carbocycles. The number of carbonyl (C=O) groups excluding carboxylic acids is 1. The molecule has 2 aliphatic heterocycles. The van der Waals surface area contributed by atoms with Gasteiger partial charge in [0, 0.05) is 25.6 Å². The zero-order valence-electron chi connectivity index (χ0n) is 9.32. The van der Waals surface area contributed by atoms with Gasteiger partial charge in [0.2, 0.25) is 5.91 Å². The van der Waals surface area contributed by atoms with Crippen molar-refractivity contribution in [1.82, 2.24) is 9.80 Å². The van der Waals surface area contributed by atoms with Gasteiger partial charge in [-0.05, 0) is 38.3 Å². The molecule has 3 fully saturated rings. The molecule has 0 bridgehead atoms. The van der Waals surface area contributed by atoms with Crippen molar-refractivity contribution in [2.24, 2.45) is 11.8 Å². The van der Waals surface area contributed by atoms with E-state index in [1.165, 1.54) is 38.8 Å². The fourth-order valence-electron chi connectivity index (χ4n) is 3.01. The molecule has 3 rings (SSSR count). The predicted molar refractivity (Wildman–Crippen MR) is 58.5 cm³/mol. The first-order valence-electron chi connectivity index (χ1n) is 6.36. The van der Waals surface area contributed by atoms with Crippen LogP contribution in [0, 0.1) is 11.8 Å². The number of nitrogens with zero attached hydrogens (tertiary/aromatic N) is 2. The zero-order valence-corrected chi connectivity index (χ0v) is 9.32. The Labute approximate surface area is 91.4 Å². The standard InChI is InChI=1S/C12H20N2O/c15-12-11-8-10(11)9-14(12)7-6-13-4-2-1-3-5-13/h10-11H,1-9H2. The lowest BCUT2D eigenvalue weighted by atomic mass is 10.1. The van der Waals surface area contributed by atoms with Crippen LogP contribution >= 0.6 is 0 Å². The van der Waals surface area contributed by atoms with Gasteiger partial charge >= 0.3 is 0 Å². The molecule has 1 amide bonds. The van der Waals surface area contributed by atoms with E-state index >= 15 is 0 Å². The molecule has 3 heteroatoms. The van der Waals surface area contributed by atoms with Gasteiger partial charge in [0.1, 0.15) is 0 Å². The minimum Gasteiger partial charge on any atom is -0.341 e. The summed E-state index contributed by atoms with van der Waals surface area (Å²) in [4.78, 5) is 16.3. The second kappa shape index (κ2) is 3.78. The third kappa shape index (κ3) is 1.89. The predicted octanol–water partition coefficient (Wildman–Crippen LogP) is 0.951. The molecule has 0 aromatic rings. The highest BCUT2D eigenvalue weighted by Crippen LogP contribution is 2.45. The maximum absolute atomic E-state index is 11.7. The minimum absolute atomic E-state index is 0.436. The first-order chi connectivity index (χ1) is 7.34. The van der Waals surface area contributed by atoms with E-state index in [9.17, 15) is 4.79 Å². The monoisotopic (exact) mass is 208 g/mol. The Morgan fingerprint density at radius 3 is 2.60 bits per heavy atom. The summed E-state index contributed by atoms with van der Waals surface area (Å²) in [5.41, 5.74) is 0. The van der Waals surface area contributed by atoms with Gasteiger partial charge in [0.15, 0.2) is 0 Å². The van der Waals surface area contributed by atoms with Gasteiger partial charge in [-0.1, -0.05) is 6.42 Å². The SMILES string of the molecule is O=C1C2CC2CN1CCN1CCCCC1. The van der Waals surface area contributed by atoms with Crippen LogP contribution in [0.25, 0.3) is 0 Å². The number of fused-ring (bicyclic) bond motifs is 1. The Morgan fingerprint density at radius 2 is 1.93 bits per heavy atom. The highest BCUT2D eigenvalue weighted by atomic mass is 16.2. The molecule has 2 heterocycles. The third-order valence-electron chi connectivity index (χ3n) is 4.14. The van der Waals surface area contributed by atoms with Gasteiger partial charge in [0.05, 0.1) is 0 Å². The van der Waals surface area contributed by atoms with Crippen LogP contribution in [0.4, 0.5) is 0 Å². The Morgan fingerprint density at radius 1 is 1.13 bits per heavy atom. The van der Waals surface area contributed by atoms with Crippen LogP contribution in [0.3, 0.4) is 0 Å². The maximum Gasteiger partial charge on any atom is 0.226 e. The lowest BCUT2D eigenvalue weighted by Crippen LogP contribution is -2.39. The molecular weight excluding hydrogens is 188 g/mol. The molecule has 0 spiro atoms. The molecular formula is C12H20N2O. The summed E-state index contributed by atoms with van der Waals surface area (Å²) < 4.78 is 0. The van der Waals surface area contributed by atoms with Gasteiger partial charge in [-0.2, -0.15) is 0 Å². The molecule has 15 heavy (non-hydrogen) atoms. The van der Waals surface area contributed by atoms with E-state index in [1.807, 2.05) is 0 Å². The van der Waals surface area contributed by atoms with Gasteiger partial charge in [0.25, 0.3) is 0 Å². The van der Waals surface area contributed by atoms with Gasteiger partial charge in [-0.25, -0.2) is 0 Å². The number of rotatable bonds is 3. The van der Waals surface area contributed by atoms with Gasteiger partial charge < -0.3 is 9.80 Å². The first kappa shape index (κ1) is 9.64. The molecule has 3 aliphatic rings. The van der Waals surface area contributed by atoms with Gasteiger partial charge in [-0.3, -0.25) is 4.79 Å². The number of hydrogen-bond donors (Lipinski definition) is 0. The molecule has 2 atom stereocenters. The second-order valence-electron chi connectivity index (χ2n) is 5.29. The van der Waals surface area contributed by atoms with E-state index in [2.05, 4.69) is 9.80 Å². The summed E-state index contributed by atoms with van der Waals surface area (Å²) >= 11 is 0. The topological polar surface area (TPSA) is 23.6 Å². The van der Waals surface area contributed by atoms with Crippen molar-refractivity contribution in [1.29, 1.82) is 0 Å². The van der Waals surface area contributed by atoms with Crippen molar-refractivity contribution in [3.63, 3.8) is 0 Å². The van der Waals surface area contributed by atoms with Crippen molar-refractivity contribution in [2.45, 2.75) is 25.7 Å². The van der Waals surface area contributed by atoms with Crippen molar-refractivity contribution in [2.75, 3.05) is 32.7 Å². The van der Waals surface area contributed by atoms with Crippen LogP contribution in [-0.2, 0) is 4.79 Å². The summed E-state index contributed by atoms with van der Waals surface area (Å²) in [6.45, 7) is 5.62. The fourth-order valence-corrected chi connectivity index (χ4v) is 3.01. The number of likely N-dealkylation sites (tertiary alicyclic amines) is 2. The smallest absolute Gasteiger partial charge is 0.226 e. The summed E-state index contributed by atoms with van der Waals surface area (Å²) in [6, 6.07) is 0. The number of amides is 1. The van der Waals surface area contributed by atoms with Crippen LogP contribution < -0.4 is 0 Å². The van der Waals surface area contributed by atoms with Crippen molar-refractivity contribution < 1.29 is 4.79 Å². The lowest BCUT2D eigenvalue weighted by molar-refractivity contribution is -0.130. The van der Waals surface area contributed by atoms with Crippen molar-refractivity contribution >= 4 is 5.91 Å². The quantitative estimate of drug-likeness (QED) is 0.689. The molecule has 0 aromatic heterocycles. The first-order valence-corrected chi connectivity index (χ1v) is 6.36. The van der Waals surface area contributed by atoms with E-state index in [0.717, 1.165) is 25.6 Å². The largest absolute Gasteiger partial charge is 0.341 e. The summed E-state index contributed by atoms with van der Waals surface area (Å²) in [7, 11) is 0. The molecule has 84 valence electrons. The van der Waals surface area contributed by atoms with E-state index in [-0.39, 0.29) is 0 Å². The maximum atomic E-state index is 11.7. The van der Waals surface area contributed by atoms with Gasteiger partial charge in [-0.15, -0.1) is 0 Å². The van der Waals surface area contributed by atoms with Crippen LogP contribution in [0.15, 0.2) is 0 Å². The lowest BCUT2D eigenvalue weighted by Gasteiger charge is -2.28. The molecule has 3 nitrogen and oxygen atoms in total. The number of hydrogen-bond acceptors (Lipinski definition) is 2. The summed E-state index contributed by atoms with van der Waals surface area (Å²) in [5.74, 6) is 1.61. The third-order valence-corrected chi connectivity index (χ3v) is 4.14. The Kier molecular flexibility index (Phi) is 2.43. The molecule has 2 saturated heterocycles. The summed E-state index contributed by atoms with van der Waals surface area (Å²) in [6.07, 6.45) is 5.26. The van der Waals surface area contributed by atoms with E-state index in [0.29, 0.717) is 11.8 Å². The van der Waals surface area contributed by atoms with E-state index in [4.69, 9.17) is 0 Å². The Bertz CT molecular complexity index is 260. The fraction of sp³-hybridized carbons (Fsp3) is 0.917.